The quantitative estimate of drug-likeness (QED) is 0.513. The van der Waals surface area contributed by atoms with Gasteiger partial charge in [0, 0.05) is 43.3 Å². The van der Waals surface area contributed by atoms with E-state index in [1.807, 2.05) is 19.1 Å². The second-order valence-corrected chi connectivity index (χ2v) is 8.81. The summed E-state index contributed by atoms with van der Waals surface area (Å²) in [6.07, 6.45) is -4.77. The summed E-state index contributed by atoms with van der Waals surface area (Å²) in [4.78, 5) is 26.4. The Hall–Kier alpha value is -3.60. The molecule has 11 heteroatoms. The van der Waals surface area contributed by atoms with Gasteiger partial charge in [0.2, 0.25) is 5.95 Å². The number of alkyl halides is 3. The van der Waals surface area contributed by atoms with Gasteiger partial charge in [-0.25, -0.2) is 9.97 Å². The predicted molar refractivity (Wildman–Crippen MR) is 130 cm³/mol. The highest BCUT2D eigenvalue weighted by atomic mass is 19.4. The number of aryl methyl sites for hydroxylation is 1. The maximum Gasteiger partial charge on any atom is 0.573 e. The summed E-state index contributed by atoms with van der Waals surface area (Å²) >= 11 is 0. The molecule has 0 unspecified atom stereocenters. The van der Waals surface area contributed by atoms with E-state index in [1.54, 1.807) is 6.07 Å². The van der Waals surface area contributed by atoms with Gasteiger partial charge < -0.3 is 19.7 Å². The van der Waals surface area contributed by atoms with Crippen LogP contribution in [0.2, 0.25) is 0 Å². The second kappa shape index (κ2) is 10.6. The van der Waals surface area contributed by atoms with E-state index in [-0.39, 0.29) is 18.1 Å². The zero-order chi connectivity index (χ0) is 25.9. The van der Waals surface area contributed by atoms with Crippen LogP contribution in [-0.2, 0) is 4.79 Å². The van der Waals surface area contributed by atoms with Crippen molar-refractivity contribution in [2.75, 3.05) is 43.0 Å². The second-order valence-electron chi connectivity index (χ2n) is 8.81. The number of nitrogens with zero attached hydrogens (tertiary/aromatic N) is 4. The molecule has 1 N–H and O–H groups in total. The maximum atomic E-state index is 12.3. The van der Waals surface area contributed by atoms with Gasteiger partial charge in [-0.1, -0.05) is 0 Å². The third-order valence-corrected chi connectivity index (χ3v) is 5.91. The van der Waals surface area contributed by atoms with Crippen molar-refractivity contribution in [3.8, 4) is 11.5 Å². The Morgan fingerprint density at radius 1 is 1.03 bits per heavy atom. The van der Waals surface area contributed by atoms with Gasteiger partial charge in [0.25, 0.3) is 5.91 Å². The third-order valence-electron chi connectivity index (χ3n) is 5.91. The molecular weight excluding hydrogens is 475 g/mol. The van der Waals surface area contributed by atoms with Crippen molar-refractivity contribution in [2.24, 2.45) is 0 Å². The molecule has 0 aliphatic carbocycles. The van der Waals surface area contributed by atoms with E-state index in [9.17, 15) is 18.0 Å². The molecule has 1 aliphatic rings. The number of hydrogen-bond acceptors (Lipinski definition) is 7. The van der Waals surface area contributed by atoms with Crippen molar-refractivity contribution in [3.63, 3.8) is 0 Å². The predicted octanol–water partition coefficient (Wildman–Crippen LogP) is 4.38. The first-order chi connectivity index (χ1) is 17.1. The van der Waals surface area contributed by atoms with Crippen LogP contribution >= 0.6 is 0 Å². The van der Waals surface area contributed by atoms with Gasteiger partial charge >= 0.3 is 6.36 Å². The number of nitrogens with one attached hydrogen (secondary N) is 1. The Morgan fingerprint density at radius 2 is 1.69 bits per heavy atom. The number of fused-ring (bicyclic) bond motifs is 1. The monoisotopic (exact) mass is 503 g/mol. The summed E-state index contributed by atoms with van der Waals surface area (Å²) in [7, 11) is 0. The van der Waals surface area contributed by atoms with Crippen molar-refractivity contribution in [1.29, 1.82) is 0 Å². The van der Waals surface area contributed by atoms with Crippen LogP contribution < -0.4 is 19.7 Å². The number of halogens is 3. The highest BCUT2D eigenvalue weighted by Crippen LogP contribution is 2.26. The maximum absolute atomic E-state index is 12.3. The average Bonchev–Trinajstić information content (AvgIpc) is 2.83. The molecule has 1 saturated heterocycles. The molecule has 192 valence electrons. The van der Waals surface area contributed by atoms with Crippen LogP contribution in [0.25, 0.3) is 10.9 Å². The minimum Gasteiger partial charge on any atom is -0.484 e. The van der Waals surface area contributed by atoms with Crippen LogP contribution in [0.4, 0.5) is 24.8 Å². The van der Waals surface area contributed by atoms with Crippen LogP contribution in [0.5, 0.6) is 11.5 Å². The fraction of sp³-hybridized carbons (Fsp3) is 0.400. The molecule has 0 saturated carbocycles. The minimum atomic E-state index is -4.77. The summed E-state index contributed by atoms with van der Waals surface area (Å²) in [5.74, 6) is 0.168. The SMILES string of the molecule is Cc1nc(N2CCN(C(C)C)CC2)nc2ccc(NC(=O)COc3ccc(OC(F)(F)F)cc3)cc12. The van der Waals surface area contributed by atoms with Gasteiger partial charge in [-0.15, -0.1) is 13.2 Å². The first-order valence-electron chi connectivity index (χ1n) is 11.6. The summed E-state index contributed by atoms with van der Waals surface area (Å²) in [6.45, 7) is 9.68. The van der Waals surface area contributed by atoms with Crippen molar-refractivity contribution in [3.05, 3.63) is 48.2 Å². The molecule has 0 spiro atoms. The fourth-order valence-corrected chi connectivity index (χ4v) is 4.01. The van der Waals surface area contributed by atoms with E-state index in [1.165, 1.54) is 12.1 Å². The lowest BCUT2D eigenvalue weighted by Crippen LogP contribution is -2.49. The Bertz CT molecular complexity index is 1210. The van der Waals surface area contributed by atoms with Gasteiger partial charge in [0.15, 0.2) is 6.61 Å². The Kier molecular flexibility index (Phi) is 7.48. The van der Waals surface area contributed by atoms with Crippen molar-refractivity contribution < 1.29 is 27.4 Å². The van der Waals surface area contributed by atoms with Crippen LogP contribution in [0.3, 0.4) is 0 Å². The van der Waals surface area contributed by atoms with Crippen LogP contribution in [0.15, 0.2) is 42.5 Å². The number of carbonyl (C=O) groups is 1. The summed E-state index contributed by atoms with van der Waals surface area (Å²) in [5, 5.41) is 3.59. The zero-order valence-electron chi connectivity index (χ0n) is 20.3. The van der Waals surface area contributed by atoms with Crippen LogP contribution in [-0.4, -0.2) is 66.0 Å². The Balaban J connectivity index is 1.35. The van der Waals surface area contributed by atoms with Gasteiger partial charge in [-0.2, -0.15) is 0 Å². The summed E-state index contributed by atoms with van der Waals surface area (Å²) in [5.41, 5.74) is 2.17. The van der Waals surface area contributed by atoms with Gasteiger partial charge in [0.05, 0.1) is 11.2 Å². The van der Waals surface area contributed by atoms with E-state index in [0.29, 0.717) is 17.7 Å². The molecule has 1 amide bonds. The average molecular weight is 504 g/mol. The number of aromatic nitrogens is 2. The first-order valence-corrected chi connectivity index (χ1v) is 11.6. The lowest BCUT2D eigenvalue weighted by atomic mass is 10.1. The molecule has 3 aromatic rings. The summed E-state index contributed by atoms with van der Waals surface area (Å²) < 4.78 is 45.9. The number of carbonyl (C=O) groups excluding carboxylic acids is 1. The number of hydrogen-bond donors (Lipinski definition) is 1. The molecule has 2 aromatic carbocycles. The van der Waals surface area contributed by atoms with Gasteiger partial charge in [0.1, 0.15) is 11.5 Å². The van der Waals surface area contributed by atoms with Crippen molar-refractivity contribution in [2.45, 2.75) is 33.2 Å². The van der Waals surface area contributed by atoms with Crippen molar-refractivity contribution >= 4 is 28.4 Å². The lowest BCUT2D eigenvalue weighted by Gasteiger charge is -2.37. The summed E-state index contributed by atoms with van der Waals surface area (Å²) in [6, 6.07) is 10.8. The smallest absolute Gasteiger partial charge is 0.484 e. The molecule has 0 atom stereocenters. The lowest BCUT2D eigenvalue weighted by molar-refractivity contribution is -0.274. The molecule has 1 aromatic heterocycles. The number of ether oxygens (including phenoxy) is 2. The van der Waals surface area contributed by atoms with E-state index < -0.39 is 12.3 Å². The molecule has 8 nitrogen and oxygen atoms in total. The first kappa shape index (κ1) is 25.5. The number of amides is 1. The van der Waals surface area contributed by atoms with Crippen molar-refractivity contribution in [1.82, 2.24) is 14.9 Å². The highest BCUT2D eigenvalue weighted by molar-refractivity contribution is 5.95. The van der Waals surface area contributed by atoms with Crippen LogP contribution in [0, 0.1) is 6.92 Å². The topological polar surface area (TPSA) is 79.8 Å². The normalized spacial score (nSPS) is 14.8. The molecule has 0 bridgehead atoms. The number of benzene rings is 2. The van der Waals surface area contributed by atoms with Gasteiger partial charge in [-0.3, -0.25) is 9.69 Å². The standard InChI is InChI=1S/C25H28F3N5O3/c1-16(2)32-10-12-33(13-11-32)24-29-17(3)21-14-18(4-9-22(21)31-24)30-23(34)15-35-19-5-7-20(8-6-19)36-25(26,27)28/h4-9,14,16H,10-13,15H2,1-3H3,(H,30,34). The third kappa shape index (κ3) is 6.54. The fourth-order valence-electron chi connectivity index (χ4n) is 4.01. The van der Waals surface area contributed by atoms with Crippen LogP contribution in [0.1, 0.15) is 19.5 Å². The largest absolute Gasteiger partial charge is 0.573 e. The zero-order valence-corrected chi connectivity index (χ0v) is 20.3. The molecule has 2 heterocycles. The molecular formula is C25H28F3N5O3. The molecule has 1 fully saturated rings. The van der Waals surface area contributed by atoms with E-state index in [0.717, 1.165) is 54.9 Å². The minimum absolute atomic E-state index is 0.240. The number of anilines is 2. The molecule has 0 radical (unpaired) electrons. The van der Waals surface area contributed by atoms with E-state index in [2.05, 4.69) is 33.7 Å². The Morgan fingerprint density at radius 3 is 2.33 bits per heavy atom. The molecule has 36 heavy (non-hydrogen) atoms. The van der Waals surface area contributed by atoms with E-state index >= 15 is 0 Å². The van der Waals surface area contributed by atoms with Gasteiger partial charge in [-0.05, 0) is 63.2 Å². The molecule has 4 rings (SSSR count). The number of piperazine rings is 1. The highest BCUT2D eigenvalue weighted by Gasteiger charge is 2.31. The molecule has 1 aliphatic heterocycles. The van der Waals surface area contributed by atoms with E-state index in [4.69, 9.17) is 14.7 Å². The number of rotatable bonds is 7. The Labute approximate surface area is 207 Å².